The minimum absolute atomic E-state index is 0.0684. The van der Waals surface area contributed by atoms with Crippen LogP contribution in [0.1, 0.15) is 37.9 Å². The second-order valence-corrected chi connectivity index (χ2v) is 4.95. The number of aliphatic hydroxyl groups excluding tert-OH is 1. The Balaban J connectivity index is 2.77. The fourth-order valence-electron chi connectivity index (χ4n) is 1.52. The Hall–Kier alpha value is -1.06. The van der Waals surface area contributed by atoms with Crippen molar-refractivity contribution in [1.82, 2.24) is 0 Å². The summed E-state index contributed by atoms with van der Waals surface area (Å²) in [6.07, 6.45) is -0.447. The van der Waals surface area contributed by atoms with Crippen LogP contribution in [0.4, 0.5) is 0 Å². The number of ether oxygens (including phenoxy) is 1. The molecule has 0 radical (unpaired) electrons. The van der Waals surface area contributed by atoms with Crippen LogP contribution < -0.4 is 10.5 Å². The van der Waals surface area contributed by atoms with Gasteiger partial charge in [0.15, 0.2) is 0 Å². The highest BCUT2D eigenvalue weighted by Crippen LogP contribution is 2.25. The van der Waals surface area contributed by atoms with E-state index >= 15 is 0 Å². The summed E-state index contributed by atoms with van der Waals surface area (Å²) in [5.74, 6) is 0.962. The summed E-state index contributed by atoms with van der Waals surface area (Å²) in [6, 6.07) is 5.87. The lowest BCUT2D eigenvalue weighted by Gasteiger charge is -2.19. The summed E-state index contributed by atoms with van der Waals surface area (Å²) in [7, 11) is 0. The van der Waals surface area contributed by atoms with Crippen molar-refractivity contribution in [2.24, 2.45) is 11.7 Å². The fraction of sp³-hybridized carbons (Fsp3) is 0.571. The third kappa shape index (κ3) is 4.02. The van der Waals surface area contributed by atoms with E-state index in [2.05, 4.69) is 0 Å². The molecule has 0 heterocycles. The third-order valence-electron chi connectivity index (χ3n) is 2.83. The zero-order valence-electron chi connectivity index (χ0n) is 11.1. The van der Waals surface area contributed by atoms with Gasteiger partial charge in [-0.25, -0.2) is 0 Å². The quantitative estimate of drug-likeness (QED) is 0.827. The maximum Gasteiger partial charge on any atom is 0.124 e. The van der Waals surface area contributed by atoms with Crippen LogP contribution in [0.3, 0.4) is 0 Å². The van der Waals surface area contributed by atoms with E-state index in [0.29, 0.717) is 6.61 Å². The zero-order chi connectivity index (χ0) is 13.0. The molecule has 0 saturated heterocycles. The second-order valence-electron chi connectivity index (χ2n) is 4.95. The van der Waals surface area contributed by atoms with E-state index in [4.69, 9.17) is 10.5 Å². The molecular formula is C14H23NO2. The molecule has 3 heteroatoms. The van der Waals surface area contributed by atoms with Crippen LogP contribution in [0, 0.1) is 12.8 Å². The van der Waals surface area contributed by atoms with Crippen molar-refractivity contribution in [2.45, 2.75) is 39.8 Å². The largest absolute Gasteiger partial charge is 0.491 e. The van der Waals surface area contributed by atoms with Gasteiger partial charge in [0, 0.05) is 11.6 Å². The van der Waals surface area contributed by atoms with E-state index in [1.165, 1.54) is 0 Å². The lowest BCUT2D eigenvalue weighted by Crippen LogP contribution is -2.24. The van der Waals surface area contributed by atoms with Gasteiger partial charge in [-0.2, -0.15) is 0 Å². The molecule has 0 aromatic heterocycles. The van der Waals surface area contributed by atoms with Crippen molar-refractivity contribution in [3.8, 4) is 5.75 Å². The lowest BCUT2D eigenvalue weighted by molar-refractivity contribution is 0.0696. The van der Waals surface area contributed by atoms with E-state index in [9.17, 15) is 5.11 Å². The molecule has 96 valence electrons. The summed E-state index contributed by atoms with van der Waals surface area (Å²) in [6.45, 7) is 8.20. The molecule has 0 aliphatic carbocycles. The Morgan fingerprint density at radius 2 is 1.94 bits per heavy atom. The molecule has 17 heavy (non-hydrogen) atoms. The number of hydrogen-bond acceptors (Lipinski definition) is 3. The van der Waals surface area contributed by atoms with Gasteiger partial charge in [-0.3, -0.25) is 0 Å². The molecule has 0 aliphatic heterocycles. The van der Waals surface area contributed by atoms with Crippen LogP contribution in [0.5, 0.6) is 5.75 Å². The number of aliphatic hydroxyl groups is 1. The van der Waals surface area contributed by atoms with Gasteiger partial charge < -0.3 is 15.6 Å². The van der Waals surface area contributed by atoms with Crippen molar-refractivity contribution in [2.75, 3.05) is 6.61 Å². The van der Waals surface area contributed by atoms with Crippen LogP contribution in [-0.4, -0.2) is 17.8 Å². The topological polar surface area (TPSA) is 55.5 Å². The molecule has 0 fully saturated rings. The first kappa shape index (κ1) is 14.0. The zero-order valence-corrected chi connectivity index (χ0v) is 11.1. The number of rotatable bonds is 5. The molecule has 1 aromatic rings. The third-order valence-corrected chi connectivity index (χ3v) is 2.83. The van der Waals surface area contributed by atoms with E-state index in [1.807, 2.05) is 45.9 Å². The number of nitrogens with two attached hydrogens (primary N) is 1. The van der Waals surface area contributed by atoms with Gasteiger partial charge in [-0.15, -0.1) is 0 Å². The first-order valence-corrected chi connectivity index (χ1v) is 6.08. The predicted molar refractivity (Wildman–Crippen MR) is 70.1 cm³/mol. The second kappa shape index (κ2) is 6.03. The highest BCUT2D eigenvalue weighted by molar-refractivity contribution is 5.38. The van der Waals surface area contributed by atoms with Crippen LogP contribution in [-0.2, 0) is 0 Å². The Morgan fingerprint density at radius 3 is 2.47 bits per heavy atom. The Kier molecular flexibility index (Phi) is 4.97. The standard InChI is InChI=1S/C14H23NO2/c1-9(2)13(16)8-17-14-6-5-10(3)7-12(14)11(4)15/h5-7,9,11,13,16H,8,15H2,1-4H3/t11-,13?/m0/s1. The molecule has 0 aliphatic rings. The highest BCUT2D eigenvalue weighted by Gasteiger charge is 2.13. The lowest BCUT2D eigenvalue weighted by atomic mass is 10.0. The highest BCUT2D eigenvalue weighted by atomic mass is 16.5. The van der Waals surface area contributed by atoms with Gasteiger partial charge in [-0.1, -0.05) is 31.5 Å². The maximum atomic E-state index is 9.72. The summed E-state index contributed by atoms with van der Waals surface area (Å²) < 4.78 is 5.65. The number of aryl methyl sites for hydroxylation is 1. The summed E-state index contributed by atoms with van der Waals surface area (Å²) in [5.41, 5.74) is 8.06. The monoisotopic (exact) mass is 237 g/mol. The smallest absolute Gasteiger partial charge is 0.124 e. The minimum atomic E-state index is -0.447. The van der Waals surface area contributed by atoms with Gasteiger partial charge in [-0.05, 0) is 25.8 Å². The van der Waals surface area contributed by atoms with Gasteiger partial charge >= 0.3 is 0 Å². The van der Waals surface area contributed by atoms with Crippen molar-refractivity contribution in [3.05, 3.63) is 29.3 Å². The molecule has 0 spiro atoms. The molecule has 2 atom stereocenters. The molecule has 0 saturated carbocycles. The minimum Gasteiger partial charge on any atom is -0.491 e. The maximum absolute atomic E-state index is 9.72. The predicted octanol–water partition coefficient (Wildman–Crippen LogP) is 2.41. The van der Waals surface area contributed by atoms with Gasteiger partial charge in [0.1, 0.15) is 12.4 Å². The molecule has 0 amide bonds. The Labute approximate surface area is 104 Å². The van der Waals surface area contributed by atoms with E-state index in [0.717, 1.165) is 16.9 Å². The molecule has 3 nitrogen and oxygen atoms in total. The number of hydrogen-bond donors (Lipinski definition) is 2. The van der Waals surface area contributed by atoms with Crippen LogP contribution in [0.15, 0.2) is 18.2 Å². The SMILES string of the molecule is Cc1ccc(OCC(O)C(C)C)c([C@H](C)N)c1. The Bertz CT molecular complexity index is 361. The molecular weight excluding hydrogens is 214 g/mol. The Morgan fingerprint density at radius 1 is 1.29 bits per heavy atom. The van der Waals surface area contributed by atoms with Gasteiger partial charge in [0.05, 0.1) is 6.10 Å². The molecule has 1 aromatic carbocycles. The number of benzene rings is 1. The van der Waals surface area contributed by atoms with E-state index in [1.54, 1.807) is 0 Å². The fourth-order valence-corrected chi connectivity index (χ4v) is 1.52. The molecule has 1 rings (SSSR count). The summed E-state index contributed by atoms with van der Waals surface area (Å²) in [5, 5.41) is 9.72. The van der Waals surface area contributed by atoms with Crippen LogP contribution in [0.2, 0.25) is 0 Å². The summed E-state index contributed by atoms with van der Waals surface area (Å²) in [4.78, 5) is 0. The molecule has 0 bridgehead atoms. The molecule has 1 unspecified atom stereocenters. The molecule has 3 N–H and O–H groups in total. The first-order chi connectivity index (χ1) is 7.91. The first-order valence-electron chi connectivity index (χ1n) is 6.08. The van der Waals surface area contributed by atoms with Crippen LogP contribution in [0.25, 0.3) is 0 Å². The van der Waals surface area contributed by atoms with E-state index < -0.39 is 6.10 Å². The van der Waals surface area contributed by atoms with Gasteiger partial charge in [0.25, 0.3) is 0 Å². The van der Waals surface area contributed by atoms with Crippen molar-refractivity contribution >= 4 is 0 Å². The van der Waals surface area contributed by atoms with Gasteiger partial charge in [0.2, 0.25) is 0 Å². The van der Waals surface area contributed by atoms with Crippen LogP contribution >= 0.6 is 0 Å². The average molecular weight is 237 g/mol. The summed E-state index contributed by atoms with van der Waals surface area (Å²) >= 11 is 0. The van der Waals surface area contributed by atoms with Crippen molar-refractivity contribution in [1.29, 1.82) is 0 Å². The van der Waals surface area contributed by atoms with Crippen molar-refractivity contribution < 1.29 is 9.84 Å². The van der Waals surface area contributed by atoms with E-state index in [-0.39, 0.29) is 12.0 Å². The normalized spacial score (nSPS) is 14.8. The van der Waals surface area contributed by atoms with Crippen molar-refractivity contribution in [3.63, 3.8) is 0 Å². The average Bonchev–Trinajstić information content (AvgIpc) is 2.26.